The van der Waals surface area contributed by atoms with Gasteiger partial charge in [0.05, 0.1) is 0 Å². The second-order valence-electron chi connectivity index (χ2n) is 5.89. The topological polar surface area (TPSA) is 12.0 Å². The van der Waals surface area contributed by atoms with E-state index in [0.29, 0.717) is 6.04 Å². The van der Waals surface area contributed by atoms with Crippen molar-refractivity contribution in [3.05, 3.63) is 34.9 Å². The van der Waals surface area contributed by atoms with E-state index in [1.807, 2.05) is 0 Å². The van der Waals surface area contributed by atoms with E-state index < -0.39 is 0 Å². The first kappa shape index (κ1) is 16.2. The highest BCUT2D eigenvalue weighted by Gasteiger charge is 2.07. The van der Waals surface area contributed by atoms with Gasteiger partial charge in [-0.25, -0.2) is 0 Å². The van der Waals surface area contributed by atoms with E-state index in [0.717, 1.165) is 6.42 Å². The number of hydrogen-bond donors (Lipinski definition) is 1. The highest BCUT2D eigenvalue weighted by molar-refractivity contribution is 5.29. The lowest BCUT2D eigenvalue weighted by atomic mass is 9.97. The van der Waals surface area contributed by atoms with Crippen molar-refractivity contribution in [2.75, 3.05) is 7.05 Å². The van der Waals surface area contributed by atoms with Gasteiger partial charge >= 0.3 is 0 Å². The molecule has 19 heavy (non-hydrogen) atoms. The summed E-state index contributed by atoms with van der Waals surface area (Å²) in [5, 5.41) is 3.48. The van der Waals surface area contributed by atoms with Crippen LogP contribution in [0.25, 0.3) is 0 Å². The molecule has 1 aromatic carbocycles. The molecule has 1 heteroatoms. The Labute approximate surface area is 119 Å². The van der Waals surface area contributed by atoms with Crippen LogP contribution in [-0.2, 0) is 6.42 Å². The fourth-order valence-corrected chi connectivity index (χ4v) is 2.81. The first-order chi connectivity index (χ1) is 9.15. The monoisotopic (exact) mass is 261 g/mol. The Morgan fingerprint density at radius 3 is 2.16 bits per heavy atom. The smallest absolute Gasteiger partial charge is 0.0104 e. The lowest BCUT2D eigenvalue weighted by molar-refractivity contribution is 0.481. The molecule has 1 aromatic rings. The van der Waals surface area contributed by atoms with Crippen LogP contribution in [0.1, 0.15) is 62.1 Å². The molecule has 0 radical (unpaired) electrons. The zero-order chi connectivity index (χ0) is 14.1. The summed E-state index contributed by atoms with van der Waals surface area (Å²) < 4.78 is 0. The van der Waals surface area contributed by atoms with Gasteiger partial charge in [-0.05, 0) is 39.3 Å². The highest BCUT2D eigenvalue weighted by atomic mass is 14.9. The largest absolute Gasteiger partial charge is 0.317 e. The molecule has 1 unspecified atom stereocenters. The summed E-state index contributed by atoms with van der Waals surface area (Å²) in [7, 11) is 2.10. The molecule has 1 nitrogen and oxygen atoms in total. The summed E-state index contributed by atoms with van der Waals surface area (Å²) in [5.74, 6) is 0. The Kier molecular flexibility index (Phi) is 7.81. The molecule has 0 saturated heterocycles. The molecule has 0 heterocycles. The van der Waals surface area contributed by atoms with Crippen LogP contribution in [0, 0.1) is 13.8 Å². The molecule has 0 aliphatic carbocycles. The fourth-order valence-electron chi connectivity index (χ4n) is 2.81. The third-order valence-corrected chi connectivity index (χ3v) is 3.83. The quantitative estimate of drug-likeness (QED) is 0.630. The molecular weight excluding hydrogens is 230 g/mol. The number of rotatable bonds is 9. The van der Waals surface area contributed by atoms with E-state index in [1.165, 1.54) is 55.2 Å². The molecule has 0 aliphatic heterocycles. The van der Waals surface area contributed by atoms with E-state index in [4.69, 9.17) is 0 Å². The van der Waals surface area contributed by atoms with Gasteiger partial charge in [0.2, 0.25) is 0 Å². The van der Waals surface area contributed by atoms with Gasteiger partial charge in [0, 0.05) is 6.04 Å². The van der Waals surface area contributed by atoms with E-state index in [9.17, 15) is 0 Å². The predicted octanol–water partition coefficient (Wildman–Crippen LogP) is 4.79. The lowest BCUT2D eigenvalue weighted by Gasteiger charge is -2.17. The summed E-state index contributed by atoms with van der Waals surface area (Å²) in [6, 6.07) is 7.54. The molecule has 1 atom stereocenters. The maximum Gasteiger partial charge on any atom is 0.0104 e. The standard InChI is InChI=1S/C18H31N/c1-5-6-7-8-9-10-18(19-4)14-17-12-15(2)11-16(3)13-17/h11-13,18-19H,5-10,14H2,1-4H3. The van der Waals surface area contributed by atoms with Crippen molar-refractivity contribution < 1.29 is 0 Å². The van der Waals surface area contributed by atoms with Crippen LogP contribution < -0.4 is 5.32 Å². The summed E-state index contributed by atoms with van der Waals surface area (Å²) in [6.07, 6.45) is 9.32. The molecule has 0 fully saturated rings. The third kappa shape index (κ3) is 6.77. The number of unbranched alkanes of at least 4 members (excludes halogenated alkanes) is 4. The first-order valence-corrected chi connectivity index (χ1v) is 7.90. The van der Waals surface area contributed by atoms with Crippen molar-refractivity contribution in [3.63, 3.8) is 0 Å². The minimum atomic E-state index is 0.628. The first-order valence-electron chi connectivity index (χ1n) is 7.90. The molecule has 0 bridgehead atoms. The Balaban J connectivity index is 2.38. The van der Waals surface area contributed by atoms with Crippen LogP contribution in [0.15, 0.2) is 18.2 Å². The molecule has 1 N–H and O–H groups in total. The van der Waals surface area contributed by atoms with Crippen molar-refractivity contribution >= 4 is 0 Å². The number of likely N-dealkylation sites (N-methyl/N-ethyl adjacent to an activating group) is 1. The zero-order valence-electron chi connectivity index (χ0n) is 13.3. The Hall–Kier alpha value is -0.820. The Morgan fingerprint density at radius 1 is 0.947 bits per heavy atom. The summed E-state index contributed by atoms with van der Waals surface area (Å²) in [5.41, 5.74) is 4.24. The van der Waals surface area contributed by atoms with Gasteiger partial charge in [-0.2, -0.15) is 0 Å². The van der Waals surface area contributed by atoms with Crippen LogP contribution in [0.3, 0.4) is 0 Å². The van der Waals surface area contributed by atoms with Crippen LogP contribution in [-0.4, -0.2) is 13.1 Å². The van der Waals surface area contributed by atoms with Gasteiger partial charge in [0.25, 0.3) is 0 Å². The van der Waals surface area contributed by atoms with Crippen LogP contribution in [0.4, 0.5) is 0 Å². The normalized spacial score (nSPS) is 12.6. The van der Waals surface area contributed by atoms with E-state index in [-0.39, 0.29) is 0 Å². The molecular formula is C18H31N. The predicted molar refractivity (Wildman–Crippen MR) is 85.8 cm³/mol. The second kappa shape index (κ2) is 9.14. The van der Waals surface area contributed by atoms with Crippen LogP contribution in [0.5, 0.6) is 0 Å². The molecule has 0 aromatic heterocycles. The van der Waals surface area contributed by atoms with Gasteiger partial charge in [0.15, 0.2) is 0 Å². The van der Waals surface area contributed by atoms with E-state index >= 15 is 0 Å². The fraction of sp³-hybridized carbons (Fsp3) is 0.667. The lowest BCUT2D eigenvalue weighted by Crippen LogP contribution is -2.27. The van der Waals surface area contributed by atoms with Crippen molar-refractivity contribution in [2.45, 2.75) is 71.8 Å². The zero-order valence-corrected chi connectivity index (χ0v) is 13.3. The van der Waals surface area contributed by atoms with Gasteiger partial charge in [-0.1, -0.05) is 68.4 Å². The van der Waals surface area contributed by atoms with Crippen LogP contribution in [0.2, 0.25) is 0 Å². The van der Waals surface area contributed by atoms with Gasteiger partial charge < -0.3 is 5.32 Å². The molecule has 0 amide bonds. The molecule has 0 aliphatic rings. The Bertz CT molecular complexity index is 336. The van der Waals surface area contributed by atoms with Crippen molar-refractivity contribution in [1.82, 2.24) is 5.32 Å². The number of hydrogen-bond acceptors (Lipinski definition) is 1. The average Bonchev–Trinajstić information content (AvgIpc) is 2.36. The van der Waals surface area contributed by atoms with Crippen molar-refractivity contribution in [1.29, 1.82) is 0 Å². The molecule has 108 valence electrons. The number of benzene rings is 1. The average molecular weight is 261 g/mol. The van der Waals surface area contributed by atoms with Crippen molar-refractivity contribution in [2.24, 2.45) is 0 Å². The van der Waals surface area contributed by atoms with Gasteiger partial charge in [-0.3, -0.25) is 0 Å². The number of aryl methyl sites for hydroxylation is 2. The van der Waals surface area contributed by atoms with Crippen molar-refractivity contribution in [3.8, 4) is 0 Å². The maximum atomic E-state index is 3.48. The second-order valence-corrected chi connectivity index (χ2v) is 5.89. The van der Waals surface area contributed by atoms with E-state index in [1.54, 1.807) is 0 Å². The number of nitrogens with one attached hydrogen (secondary N) is 1. The molecule has 1 rings (SSSR count). The highest BCUT2D eigenvalue weighted by Crippen LogP contribution is 2.14. The van der Waals surface area contributed by atoms with E-state index in [2.05, 4.69) is 51.3 Å². The maximum absolute atomic E-state index is 3.48. The summed E-state index contributed by atoms with van der Waals surface area (Å²) in [4.78, 5) is 0. The minimum Gasteiger partial charge on any atom is -0.317 e. The van der Waals surface area contributed by atoms with Gasteiger partial charge in [-0.15, -0.1) is 0 Å². The molecule has 0 saturated carbocycles. The van der Waals surface area contributed by atoms with Crippen LogP contribution >= 0.6 is 0 Å². The SMILES string of the molecule is CCCCCCCC(Cc1cc(C)cc(C)c1)NC. The summed E-state index contributed by atoms with van der Waals surface area (Å²) in [6.45, 7) is 6.65. The van der Waals surface area contributed by atoms with Gasteiger partial charge in [0.1, 0.15) is 0 Å². The molecule has 0 spiro atoms. The third-order valence-electron chi connectivity index (χ3n) is 3.83. The summed E-state index contributed by atoms with van der Waals surface area (Å²) >= 11 is 0. The Morgan fingerprint density at radius 2 is 1.58 bits per heavy atom. The minimum absolute atomic E-state index is 0.628.